The van der Waals surface area contributed by atoms with Gasteiger partial charge in [0, 0.05) is 12.6 Å². The molecule has 0 radical (unpaired) electrons. The van der Waals surface area contributed by atoms with E-state index in [0.717, 1.165) is 13.1 Å². The van der Waals surface area contributed by atoms with Crippen molar-refractivity contribution in [2.75, 3.05) is 13.1 Å². The third kappa shape index (κ3) is 4.85. The lowest BCUT2D eigenvalue weighted by Crippen LogP contribution is -2.38. The molecule has 0 aliphatic carbocycles. The first-order valence-corrected chi connectivity index (χ1v) is 4.71. The van der Waals surface area contributed by atoms with E-state index < -0.39 is 12.0 Å². The van der Waals surface area contributed by atoms with Crippen LogP contribution in [0.3, 0.4) is 0 Å². The van der Waals surface area contributed by atoms with E-state index in [1.54, 1.807) is 0 Å². The third-order valence-electron chi connectivity index (χ3n) is 2.18. The minimum atomic E-state index is -0.917. The number of carboxylic acids is 1. The number of rotatable bonds is 6. The lowest BCUT2D eigenvalue weighted by atomic mass is 10.2. The Balaban J connectivity index is 3.78. The summed E-state index contributed by atoms with van der Waals surface area (Å²) < 4.78 is 0. The van der Waals surface area contributed by atoms with Crippen LogP contribution in [0.1, 0.15) is 27.2 Å². The van der Waals surface area contributed by atoms with E-state index in [1.165, 1.54) is 0 Å². The zero-order chi connectivity index (χ0) is 10.4. The average Bonchev–Trinajstić information content (AvgIpc) is 2.04. The molecule has 0 fully saturated rings. The predicted octanol–water partition coefficient (Wildman–Crippen LogP) is 0.519. The fraction of sp³-hybridized carbons (Fsp3) is 0.889. The van der Waals surface area contributed by atoms with Gasteiger partial charge in [-0.3, -0.25) is 4.79 Å². The number of carboxylic acid groups (broad SMARTS) is 1. The van der Waals surface area contributed by atoms with Gasteiger partial charge < -0.3 is 15.7 Å². The Kier molecular flexibility index (Phi) is 5.66. The van der Waals surface area contributed by atoms with E-state index in [-0.39, 0.29) is 0 Å². The minimum absolute atomic E-state index is 0.450. The van der Waals surface area contributed by atoms with Crippen molar-refractivity contribution in [2.45, 2.75) is 39.3 Å². The largest absolute Gasteiger partial charge is 0.480 e. The third-order valence-corrected chi connectivity index (χ3v) is 2.18. The monoisotopic (exact) mass is 188 g/mol. The van der Waals surface area contributed by atoms with Crippen LogP contribution in [0, 0.1) is 0 Å². The number of nitrogens with zero attached hydrogens (tertiary/aromatic N) is 1. The molecule has 0 aliphatic heterocycles. The number of aliphatic carboxylic acids is 1. The van der Waals surface area contributed by atoms with E-state index >= 15 is 0 Å². The molecular weight excluding hydrogens is 168 g/mol. The van der Waals surface area contributed by atoms with Gasteiger partial charge in [0.2, 0.25) is 0 Å². The van der Waals surface area contributed by atoms with Crippen LogP contribution < -0.4 is 5.73 Å². The molecule has 3 N–H and O–H groups in total. The highest BCUT2D eigenvalue weighted by atomic mass is 16.4. The van der Waals surface area contributed by atoms with E-state index in [0.29, 0.717) is 12.5 Å². The SMILES string of the molecule is CCN(CCC(N)C(=O)O)C(C)C. The Morgan fingerprint density at radius 1 is 1.54 bits per heavy atom. The molecule has 0 aromatic rings. The molecule has 0 bridgehead atoms. The van der Waals surface area contributed by atoms with Crippen molar-refractivity contribution < 1.29 is 9.90 Å². The summed E-state index contributed by atoms with van der Waals surface area (Å²) in [5.41, 5.74) is 5.39. The number of carbonyl (C=O) groups is 1. The topological polar surface area (TPSA) is 66.6 Å². The van der Waals surface area contributed by atoms with Gasteiger partial charge in [0.25, 0.3) is 0 Å². The molecule has 0 rings (SSSR count). The lowest BCUT2D eigenvalue weighted by molar-refractivity contribution is -0.138. The second kappa shape index (κ2) is 5.94. The minimum Gasteiger partial charge on any atom is -0.480 e. The van der Waals surface area contributed by atoms with Crippen LogP contribution in [0.25, 0.3) is 0 Å². The van der Waals surface area contributed by atoms with Crippen molar-refractivity contribution in [1.82, 2.24) is 4.90 Å². The number of hydrogen-bond acceptors (Lipinski definition) is 3. The van der Waals surface area contributed by atoms with Gasteiger partial charge in [-0.1, -0.05) is 6.92 Å². The maximum atomic E-state index is 10.4. The molecule has 1 unspecified atom stereocenters. The van der Waals surface area contributed by atoms with Crippen LogP contribution in [0.5, 0.6) is 0 Å². The summed E-state index contributed by atoms with van der Waals surface area (Å²) in [4.78, 5) is 12.6. The van der Waals surface area contributed by atoms with E-state index in [9.17, 15) is 4.79 Å². The van der Waals surface area contributed by atoms with Crippen LogP contribution in [0.4, 0.5) is 0 Å². The van der Waals surface area contributed by atoms with E-state index in [4.69, 9.17) is 10.8 Å². The smallest absolute Gasteiger partial charge is 0.320 e. The zero-order valence-electron chi connectivity index (χ0n) is 8.66. The quantitative estimate of drug-likeness (QED) is 0.637. The highest BCUT2D eigenvalue weighted by molar-refractivity contribution is 5.72. The van der Waals surface area contributed by atoms with Gasteiger partial charge in [-0.15, -0.1) is 0 Å². The van der Waals surface area contributed by atoms with Crippen molar-refractivity contribution in [2.24, 2.45) is 5.73 Å². The molecule has 4 nitrogen and oxygen atoms in total. The molecule has 0 aromatic carbocycles. The molecule has 0 saturated heterocycles. The Bertz CT molecular complexity index is 160. The highest BCUT2D eigenvalue weighted by Gasteiger charge is 2.14. The van der Waals surface area contributed by atoms with Gasteiger partial charge in [0.1, 0.15) is 6.04 Å². The molecule has 0 aliphatic rings. The maximum absolute atomic E-state index is 10.4. The predicted molar refractivity (Wildman–Crippen MR) is 52.6 cm³/mol. The summed E-state index contributed by atoms with van der Waals surface area (Å²) in [7, 11) is 0. The van der Waals surface area contributed by atoms with Crippen molar-refractivity contribution in [3.63, 3.8) is 0 Å². The van der Waals surface area contributed by atoms with E-state index in [1.807, 2.05) is 0 Å². The lowest BCUT2D eigenvalue weighted by Gasteiger charge is -2.25. The van der Waals surface area contributed by atoms with Crippen LogP contribution in [0.2, 0.25) is 0 Å². The van der Waals surface area contributed by atoms with Crippen molar-refractivity contribution in [3.05, 3.63) is 0 Å². The maximum Gasteiger partial charge on any atom is 0.320 e. The van der Waals surface area contributed by atoms with Gasteiger partial charge in [-0.05, 0) is 26.8 Å². The van der Waals surface area contributed by atoms with E-state index in [2.05, 4.69) is 25.7 Å². The summed E-state index contributed by atoms with van der Waals surface area (Å²) in [6.45, 7) is 7.93. The van der Waals surface area contributed by atoms with Crippen LogP contribution in [0.15, 0.2) is 0 Å². The van der Waals surface area contributed by atoms with Crippen LogP contribution >= 0.6 is 0 Å². The molecule has 0 heterocycles. The summed E-state index contributed by atoms with van der Waals surface area (Å²) in [5.74, 6) is -0.917. The summed E-state index contributed by atoms with van der Waals surface area (Å²) >= 11 is 0. The second-order valence-electron chi connectivity index (χ2n) is 3.46. The summed E-state index contributed by atoms with van der Waals surface area (Å²) in [5, 5.41) is 8.56. The van der Waals surface area contributed by atoms with Gasteiger partial charge in [-0.25, -0.2) is 0 Å². The second-order valence-corrected chi connectivity index (χ2v) is 3.46. The first-order chi connectivity index (χ1) is 5.99. The zero-order valence-corrected chi connectivity index (χ0v) is 8.66. The fourth-order valence-electron chi connectivity index (χ4n) is 1.21. The highest BCUT2D eigenvalue weighted by Crippen LogP contribution is 2.00. The van der Waals surface area contributed by atoms with Gasteiger partial charge in [0.15, 0.2) is 0 Å². The summed E-state index contributed by atoms with van der Waals surface area (Å²) in [6.07, 6.45) is 0.515. The molecule has 0 spiro atoms. The molecule has 4 heteroatoms. The average molecular weight is 188 g/mol. The van der Waals surface area contributed by atoms with Crippen molar-refractivity contribution >= 4 is 5.97 Å². The Morgan fingerprint density at radius 3 is 2.38 bits per heavy atom. The fourth-order valence-corrected chi connectivity index (χ4v) is 1.21. The number of hydrogen-bond donors (Lipinski definition) is 2. The molecule has 0 amide bonds. The Hall–Kier alpha value is -0.610. The van der Waals surface area contributed by atoms with Gasteiger partial charge in [0.05, 0.1) is 0 Å². The van der Waals surface area contributed by atoms with Crippen LogP contribution in [-0.4, -0.2) is 41.1 Å². The van der Waals surface area contributed by atoms with Gasteiger partial charge >= 0.3 is 5.97 Å². The molecule has 13 heavy (non-hydrogen) atoms. The summed E-state index contributed by atoms with van der Waals surface area (Å²) in [6, 6.07) is -0.279. The molecule has 0 saturated carbocycles. The molecular formula is C9H20N2O2. The first-order valence-electron chi connectivity index (χ1n) is 4.71. The van der Waals surface area contributed by atoms with Gasteiger partial charge in [-0.2, -0.15) is 0 Å². The first kappa shape index (κ1) is 12.4. The van der Waals surface area contributed by atoms with Crippen LogP contribution in [-0.2, 0) is 4.79 Å². The van der Waals surface area contributed by atoms with Crippen molar-refractivity contribution in [1.29, 1.82) is 0 Å². The molecule has 1 atom stereocenters. The Labute approximate surface area is 79.7 Å². The Morgan fingerprint density at radius 2 is 2.08 bits per heavy atom. The normalized spacial score (nSPS) is 13.7. The molecule has 78 valence electrons. The standard InChI is InChI=1S/C9H20N2O2/c1-4-11(7(2)3)6-5-8(10)9(12)13/h7-8H,4-6,10H2,1-3H3,(H,12,13). The molecule has 0 aromatic heterocycles. The van der Waals surface area contributed by atoms with Crippen molar-refractivity contribution in [3.8, 4) is 0 Å². The number of nitrogens with two attached hydrogens (primary N) is 1.